The molecule has 0 heterocycles. The van der Waals surface area contributed by atoms with Gasteiger partial charge in [-0.3, -0.25) is 14.1 Å². The maximum atomic E-state index is 11.9. The third-order valence-electron chi connectivity index (χ3n) is 3.61. The summed E-state index contributed by atoms with van der Waals surface area (Å²) in [5, 5.41) is -1.35. The molecule has 0 aromatic rings. The van der Waals surface area contributed by atoms with Crippen LogP contribution in [0.2, 0.25) is 0 Å². The van der Waals surface area contributed by atoms with Crippen molar-refractivity contribution in [1.82, 2.24) is 0 Å². The third-order valence-corrected chi connectivity index (χ3v) is 8.18. The molecular formula is C16H30O5S3. The summed E-state index contributed by atoms with van der Waals surface area (Å²) in [6, 6.07) is 0. The lowest BCUT2D eigenvalue weighted by molar-refractivity contribution is -0.122. The molecule has 0 amide bonds. The second-order valence-electron chi connectivity index (χ2n) is 7.14. The molecule has 24 heavy (non-hydrogen) atoms. The summed E-state index contributed by atoms with van der Waals surface area (Å²) >= 11 is 0. The SMILES string of the molecule is CC(C)C(=O)CCC(C)(C)SSCCC(C(=O)C(C)C)S(=O)(=O)O. The summed E-state index contributed by atoms with van der Waals surface area (Å²) in [4.78, 5) is 23.6. The molecule has 0 fully saturated rings. The number of rotatable bonds is 12. The molecular weight excluding hydrogens is 368 g/mol. The van der Waals surface area contributed by atoms with E-state index in [1.807, 2.05) is 27.7 Å². The molecule has 0 spiro atoms. The highest BCUT2D eigenvalue weighted by atomic mass is 33.1. The molecule has 0 aliphatic rings. The first-order valence-corrected chi connectivity index (χ1v) is 11.9. The average Bonchev–Trinajstić information content (AvgIpc) is 2.42. The average molecular weight is 399 g/mol. The minimum atomic E-state index is -4.37. The van der Waals surface area contributed by atoms with Crippen LogP contribution in [0.4, 0.5) is 0 Å². The molecule has 0 bridgehead atoms. The van der Waals surface area contributed by atoms with Crippen LogP contribution in [-0.2, 0) is 19.7 Å². The standard InChI is InChI=1S/C16H30O5S3/c1-11(2)13(17)7-9-16(5,6)23-22-10-8-14(24(19,20)21)15(18)12(3)4/h11-12,14H,7-10H2,1-6H3,(H,19,20,21). The number of carbonyl (C=O) groups excluding carboxylic acids is 2. The number of Topliss-reactive ketones (excluding diaryl/α,β-unsaturated/α-hetero) is 2. The predicted octanol–water partition coefficient (Wildman–Crippen LogP) is 4.02. The van der Waals surface area contributed by atoms with Gasteiger partial charge in [0.25, 0.3) is 10.1 Å². The van der Waals surface area contributed by atoms with E-state index in [4.69, 9.17) is 0 Å². The van der Waals surface area contributed by atoms with Gasteiger partial charge in [-0.1, -0.05) is 49.3 Å². The van der Waals surface area contributed by atoms with E-state index in [0.717, 1.165) is 6.42 Å². The molecule has 1 N–H and O–H groups in total. The molecule has 0 saturated heterocycles. The van der Waals surface area contributed by atoms with Crippen LogP contribution < -0.4 is 0 Å². The van der Waals surface area contributed by atoms with Gasteiger partial charge in [0.2, 0.25) is 0 Å². The van der Waals surface area contributed by atoms with Crippen LogP contribution >= 0.6 is 21.6 Å². The van der Waals surface area contributed by atoms with Crippen LogP contribution in [0.25, 0.3) is 0 Å². The second-order valence-corrected chi connectivity index (χ2v) is 11.9. The van der Waals surface area contributed by atoms with Crippen LogP contribution in [0.15, 0.2) is 0 Å². The zero-order chi connectivity index (χ0) is 19.1. The quantitative estimate of drug-likeness (QED) is 0.302. The van der Waals surface area contributed by atoms with Gasteiger partial charge in [-0.15, -0.1) is 0 Å². The second kappa shape index (κ2) is 10.2. The summed E-state index contributed by atoms with van der Waals surface area (Å²) in [6.45, 7) is 11.1. The van der Waals surface area contributed by atoms with E-state index in [1.54, 1.807) is 24.6 Å². The summed E-state index contributed by atoms with van der Waals surface area (Å²) in [5.41, 5.74) is 0. The Balaban J connectivity index is 4.43. The first kappa shape index (κ1) is 23.9. The Bertz CT molecular complexity index is 524. The highest BCUT2D eigenvalue weighted by molar-refractivity contribution is 8.77. The molecule has 0 aromatic carbocycles. The molecule has 5 nitrogen and oxygen atoms in total. The van der Waals surface area contributed by atoms with Crippen LogP contribution in [0.1, 0.15) is 60.8 Å². The van der Waals surface area contributed by atoms with Crippen LogP contribution in [0.5, 0.6) is 0 Å². The smallest absolute Gasteiger partial charge is 0.275 e. The van der Waals surface area contributed by atoms with Crippen molar-refractivity contribution >= 4 is 43.3 Å². The van der Waals surface area contributed by atoms with Gasteiger partial charge < -0.3 is 0 Å². The van der Waals surface area contributed by atoms with Crippen molar-refractivity contribution < 1.29 is 22.6 Å². The minimum Gasteiger partial charge on any atom is -0.299 e. The molecule has 0 aliphatic heterocycles. The Hall–Kier alpha value is -0.0500. The summed E-state index contributed by atoms with van der Waals surface area (Å²) in [7, 11) is -1.32. The van der Waals surface area contributed by atoms with Gasteiger partial charge in [-0.25, -0.2) is 0 Å². The summed E-state index contributed by atoms with van der Waals surface area (Å²) in [5.74, 6) is -0.175. The Morgan fingerprint density at radius 2 is 1.62 bits per heavy atom. The van der Waals surface area contributed by atoms with E-state index in [1.165, 1.54) is 10.8 Å². The Morgan fingerprint density at radius 3 is 2.04 bits per heavy atom. The maximum Gasteiger partial charge on any atom is 0.275 e. The monoisotopic (exact) mass is 398 g/mol. The molecule has 1 atom stereocenters. The molecule has 0 radical (unpaired) electrons. The third kappa shape index (κ3) is 9.44. The number of ketones is 2. The molecule has 0 saturated carbocycles. The highest BCUT2D eigenvalue weighted by Crippen LogP contribution is 2.39. The van der Waals surface area contributed by atoms with Crippen molar-refractivity contribution in [2.75, 3.05) is 5.75 Å². The molecule has 8 heteroatoms. The molecule has 0 rings (SSSR count). The molecule has 1 unspecified atom stereocenters. The van der Waals surface area contributed by atoms with E-state index < -0.39 is 27.1 Å². The van der Waals surface area contributed by atoms with Crippen molar-refractivity contribution in [3.63, 3.8) is 0 Å². The van der Waals surface area contributed by atoms with Gasteiger partial charge in [0.05, 0.1) is 0 Å². The van der Waals surface area contributed by atoms with E-state index in [9.17, 15) is 22.6 Å². The Morgan fingerprint density at radius 1 is 1.08 bits per heavy atom. The zero-order valence-electron chi connectivity index (χ0n) is 15.4. The number of hydrogen-bond acceptors (Lipinski definition) is 6. The van der Waals surface area contributed by atoms with E-state index in [0.29, 0.717) is 12.2 Å². The van der Waals surface area contributed by atoms with E-state index in [2.05, 4.69) is 0 Å². The predicted molar refractivity (Wildman–Crippen MR) is 103 cm³/mol. The minimum absolute atomic E-state index is 0.0380. The topological polar surface area (TPSA) is 88.5 Å². The van der Waals surface area contributed by atoms with Gasteiger partial charge in [-0.2, -0.15) is 8.42 Å². The largest absolute Gasteiger partial charge is 0.299 e. The lowest BCUT2D eigenvalue weighted by atomic mass is 9.99. The normalized spacial score (nSPS) is 14.2. The maximum absolute atomic E-state index is 11.9. The zero-order valence-corrected chi connectivity index (χ0v) is 17.8. The molecule has 0 aromatic heterocycles. The fraction of sp³-hybridized carbons (Fsp3) is 0.875. The Kier molecular flexibility index (Phi) is 10.2. The van der Waals surface area contributed by atoms with Gasteiger partial charge in [0, 0.05) is 28.8 Å². The first-order valence-electron chi connectivity index (χ1n) is 8.11. The van der Waals surface area contributed by atoms with Gasteiger partial charge in [0.15, 0.2) is 5.78 Å². The van der Waals surface area contributed by atoms with Crippen molar-refractivity contribution in [1.29, 1.82) is 0 Å². The number of hydrogen-bond donors (Lipinski definition) is 1. The van der Waals surface area contributed by atoms with Gasteiger partial charge in [0.1, 0.15) is 11.0 Å². The lowest BCUT2D eigenvalue weighted by Gasteiger charge is -2.23. The van der Waals surface area contributed by atoms with Crippen molar-refractivity contribution in [3.8, 4) is 0 Å². The van der Waals surface area contributed by atoms with Gasteiger partial charge >= 0.3 is 0 Å². The summed E-state index contributed by atoms with van der Waals surface area (Å²) < 4.78 is 31.9. The van der Waals surface area contributed by atoms with Crippen LogP contribution in [-0.4, -0.2) is 40.3 Å². The fourth-order valence-electron chi connectivity index (χ4n) is 1.92. The van der Waals surface area contributed by atoms with Gasteiger partial charge in [-0.05, 0) is 26.7 Å². The number of carbonyl (C=O) groups is 2. The van der Waals surface area contributed by atoms with Crippen molar-refractivity contribution in [2.45, 2.75) is 70.8 Å². The highest BCUT2D eigenvalue weighted by Gasteiger charge is 2.32. The van der Waals surface area contributed by atoms with Crippen LogP contribution in [0, 0.1) is 11.8 Å². The fourth-order valence-corrected chi connectivity index (χ4v) is 5.72. The lowest BCUT2D eigenvalue weighted by Crippen LogP contribution is -2.33. The molecule has 142 valence electrons. The molecule has 0 aliphatic carbocycles. The van der Waals surface area contributed by atoms with E-state index >= 15 is 0 Å². The van der Waals surface area contributed by atoms with Crippen LogP contribution in [0.3, 0.4) is 0 Å². The first-order chi connectivity index (χ1) is 10.8. The van der Waals surface area contributed by atoms with Crippen molar-refractivity contribution in [2.24, 2.45) is 11.8 Å². The summed E-state index contributed by atoms with van der Waals surface area (Å²) in [6.07, 6.45) is 1.36. The van der Waals surface area contributed by atoms with E-state index in [-0.39, 0.29) is 22.9 Å². The van der Waals surface area contributed by atoms with Crippen molar-refractivity contribution in [3.05, 3.63) is 0 Å². The Labute approximate surface area is 154 Å².